The lowest BCUT2D eigenvalue weighted by Crippen LogP contribution is -2.04. The predicted molar refractivity (Wildman–Crippen MR) is 516 cm³/mol. The molecule has 29 rings (SSSR count). The molecule has 570 valence electrons. The van der Waals surface area contributed by atoms with Gasteiger partial charge in [-0.2, -0.15) is 0 Å². The van der Waals surface area contributed by atoms with Gasteiger partial charge in [-0.05, 0) is 184 Å². The van der Waals surface area contributed by atoms with E-state index < -0.39 is 0 Å². The first-order valence-corrected chi connectivity index (χ1v) is 42.5. The molecule has 10 aromatic heterocycles. The van der Waals surface area contributed by atoms with Crippen molar-refractivity contribution >= 4 is 207 Å². The van der Waals surface area contributed by atoms with Crippen LogP contribution in [0.5, 0.6) is 0 Å². The van der Waals surface area contributed by atoms with Crippen LogP contribution in [-0.4, -0.2) is 47.0 Å². The Balaban J connectivity index is 0.610. The van der Waals surface area contributed by atoms with Crippen molar-refractivity contribution in [3.05, 3.63) is 388 Å². The molecule has 0 unspecified atom stereocenters. The lowest BCUT2D eigenvalue weighted by molar-refractivity contribution is 1.08. The highest BCUT2D eigenvalue weighted by atomic mass is 15.1. The second-order valence-corrected chi connectivity index (χ2v) is 33.5. The van der Waals surface area contributed by atoms with E-state index in [0.717, 1.165) is 145 Å². The first kappa shape index (κ1) is 66.1. The Morgan fingerprint density at radius 1 is 0.161 bits per heavy atom. The van der Waals surface area contributed by atoms with Crippen molar-refractivity contribution in [2.75, 3.05) is 0 Å². The summed E-state index contributed by atoms with van der Waals surface area (Å²) in [5.74, 6) is 0.774. The number of hydrogen-bond donors (Lipinski definition) is 0. The molecule has 0 radical (unpaired) electrons. The lowest BCUT2D eigenvalue weighted by Gasteiger charge is -2.15. The van der Waals surface area contributed by atoms with Crippen molar-refractivity contribution in [2.45, 2.75) is 0 Å². The fraction of sp³-hybridized carbons (Fsp3) is 0. The smallest absolute Gasteiger partial charge is 0.165 e. The summed E-state index contributed by atoms with van der Waals surface area (Å²) in [6.07, 6.45) is 0. The van der Waals surface area contributed by atoms with E-state index in [-0.39, 0.29) is 0 Å². The summed E-state index contributed by atoms with van der Waals surface area (Å²) < 4.78 is 14.8. The molecule has 10 heteroatoms. The van der Waals surface area contributed by atoms with Gasteiger partial charge < -0.3 is 22.5 Å². The van der Waals surface area contributed by atoms with Crippen LogP contribution in [0.25, 0.3) is 275 Å². The van der Waals surface area contributed by atoms with Crippen LogP contribution in [0.3, 0.4) is 0 Å². The van der Waals surface area contributed by atoms with E-state index in [0.29, 0.717) is 0 Å². The number of benzene rings is 19. The van der Waals surface area contributed by atoms with E-state index >= 15 is 0 Å². The standard InChI is InChI=1S/C114H64N10/c1-3-27-74(28-4-1)119-95-39-19-11-31-77(95)79-52-46-72(61-101(79)119)108-107(115-91-35-15-16-36-92(91)116-108)65-43-49-76(50-44-65)121-103-58-68-25-9-7-23-66(68)55-85(103)89-64-88-84-57-70(48-54-99(84)123-98-42-22-13-33-82(98)105(110(89)121)112(88)123)71-45-51-80-81-53-47-73(62-102(81)120(100(80)60-71)75-29-5-2-6-30-75)109-114(118-94-38-18-17-37-93(94)117-109)124-104-59-69-26-10-8-24-67(69)56-86(104)90-63-87-78-32-12-20-40-96(78)122-97-41-21-14-34-83(97)106(111(87)122)113(90)124/h1-64H. The third-order valence-electron chi connectivity index (χ3n) is 27.1. The van der Waals surface area contributed by atoms with Gasteiger partial charge in [-0.25, -0.2) is 19.9 Å². The van der Waals surface area contributed by atoms with Gasteiger partial charge in [-0.15, -0.1) is 0 Å². The zero-order valence-electron chi connectivity index (χ0n) is 66.4. The fourth-order valence-electron chi connectivity index (χ4n) is 21.8. The molecule has 0 spiro atoms. The average Bonchev–Trinajstić information content (AvgIpc) is 1.51. The van der Waals surface area contributed by atoms with E-state index in [1.807, 2.05) is 6.07 Å². The average molecular weight is 1570 g/mol. The maximum atomic E-state index is 5.83. The number of para-hydroxylation sites is 10. The Morgan fingerprint density at radius 2 is 0.492 bits per heavy atom. The third-order valence-corrected chi connectivity index (χ3v) is 27.1. The molecule has 0 saturated carbocycles. The largest absolute Gasteiger partial charge is 0.309 e. The summed E-state index contributed by atoms with van der Waals surface area (Å²) in [6, 6.07) is 143. The van der Waals surface area contributed by atoms with Gasteiger partial charge in [0.2, 0.25) is 0 Å². The highest BCUT2D eigenvalue weighted by Gasteiger charge is 2.31. The van der Waals surface area contributed by atoms with Gasteiger partial charge in [0, 0.05) is 120 Å². The van der Waals surface area contributed by atoms with E-state index in [4.69, 9.17) is 19.9 Å². The normalized spacial score (nSPS) is 12.5. The molecular formula is C114H64N10. The minimum atomic E-state index is 0.774. The van der Waals surface area contributed by atoms with Crippen LogP contribution in [0.15, 0.2) is 388 Å². The Labute approximate surface area is 705 Å². The van der Waals surface area contributed by atoms with Crippen molar-refractivity contribution in [1.82, 2.24) is 47.0 Å². The molecule has 124 heavy (non-hydrogen) atoms. The Hall–Kier alpha value is -16.8. The monoisotopic (exact) mass is 1570 g/mol. The maximum absolute atomic E-state index is 5.83. The fourth-order valence-corrected chi connectivity index (χ4v) is 21.8. The third kappa shape index (κ3) is 8.95. The molecular weight excluding hydrogens is 1510 g/mol. The summed E-state index contributed by atoms with van der Waals surface area (Å²) >= 11 is 0. The van der Waals surface area contributed by atoms with Crippen LogP contribution in [0.4, 0.5) is 0 Å². The molecule has 19 aromatic carbocycles. The van der Waals surface area contributed by atoms with E-state index in [1.54, 1.807) is 0 Å². The quantitative estimate of drug-likeness (QED) is 0.152. The lowest BCUT2D eigenvalue weighted by atomic mass is 9.99. The second-order valence-electron chi connectivity index (χ2n) is 33.5. The topological polar surface area (TPSA) is 80.1 Å². The molecule has 0 aliphatic rings. The van der Waals surface area contributed by atoms with Crippen LogP contribution in [0.2, 0.25) is 0 Å². The predicted octanol–water partition coefficient (Wildman–Crippen LogP) is 29.2. The number of aromatic nitrogens is 10. The van der Waals surface area contributed by atoms with Crippen molar-refractivity contribution in [1.29, 1.82) is 0 Å². The van der Waals surface area contributed by atoms with Gasteiger partial charge in [0.05, 0.1) is 111 Å². The van der Waals surface area contributed by atoms with Gasteiger partial charge in [0.15, 0.2) is 5.82 Å². The molecule has 29 aromatic rings. The molecule has 10 heterocycles. The van der Waals surface area contributed by atoms with Gasteiger partial charge in [-0.1, -0.05) is 237 Å². The number of fused-ring (bicyclic) bond motifs is 30. The van der Waals surface area contributed by atoms with Gasteiger partial charge in [0.25, 0.3) is 0 Å². The van der Waals surface area contributed by atoms with Crippen LogP contribution >= 0.6 is 0 Å². The summed E-state index contributed by atoms with van der Waals surface area (Å²) in [5, 5.41) is 23.9. The van der Waals surface area contributed by atoms with Crippen LogP contribution in [0.1, 0.15) is 0 Å². The Kier molecular flexibility index (Phi) is 13.0. The van der Waals surface area contributed by atoms with Crippen molar-refractivity contribution < 1.29 is 0 Å². The van der Waals surface area contributed by atoms with Crippen LogP contribution in [0, 0.1) is 0 Å². The molecule has 0 aliphatic carbocycles. The molecule has 0 saturated heterocycles. The summed E-state index contributed by atoms with van der Waals surface area (Å²) in [7, 11) is 0. The molecule has 0 amide bonds. The van der Waals surface area contributed by atoms with Gasteiger partial charge in [-0.3, -0.25) is 4.57 Å². The van der Waals surface area contributed by atoms with E-state index in [1.165, 1.54) is 130 Å². The van der Waals surface area contributed by atoms with Gasteiger partial charge >= 0.3 is 0 Å². The molecule has 10 nitrogen and oxygen atoms in total. The minimum absolute atomic E-state index is 0.774. The van der Waals surface area contributed by atoms with Crippen LogP contribution in [-0.2, 0) is 0 Å². The number of rotatable bonds is 8. The summed E-state index contributed by atoms with van der Waals surface area (Å²) in [4.78, 5) is 22.6. The SMILES string of the molecule is c1ccc(-n2c3ccccc3c3ccc(-c4nc5ccccc5nc4-c4ccc(-n5c6cc7ccccc7cc6c6cc7c8cc(-c9ccc%10c%11ccc(-c%12nc%13ccccc%13nc%12-n%12c%13cc%14ccccc%14cc%13c%13cc%14c%15ccccc%15n%15c%16ccccc%16c(c%13%12)c%14%15)cc%11n(-c%11ccccc%11)c%10c9)ccc8n8c9ccccc9c(c65)c78)cc4)cc32)cc1. The minimum Gasteiger partial charge on any atom is -0.309 e. The molecule has 0 N–H and O–H groups in total. The molecule has 0 atom stereocenters. The first-order chi connectivity index (χ1) is 61.5. The summed E-state index contributed by atoms with van der Waals surface area (Å²) in [5.41, 5.74) is 30.3. The molecule has 0 aliphatic heterocycles. The van der Waals surface area contributed by atoms with Crippen LogP contribution < -0.4 is 0 Å². The Bertz CT molecular complexity index is 9760. The molecule has 0 bridgehead atoms. The summed E-state index contributed by atoms with van der Waals surface area (Å²) in [6.45, 7) is 0. The zero-order chi connectivity index (χ0) is 80.4. The maximum Gasteiger partial charge on any atom is 0.165 e. The number of nitrogens with zero attached hydrogens (tertiary/aromatic N) is 10. The zero-order valence-corrected chi connectivity index (χ0v) is 66.4. The first-order valence-electron chi connectivity index (χ1n) is 42.5. The van der Waals surface area contributed by atoms with Gasteiger partial charge in [0.1, 0.15) is 5.69 Å². The highest BCUT2D eigenvalue weighted by Crippen LogP contribution is 2.52. The molecule has 0 fully saturated rings. The number of hydrogen-bond acceptors (Lipinski definition) is 4. The highest BCUT2D eigenvalue weighted by molar-refractivity contribution is 6.37. The van der Waals surface area contributed by atoms with E-state index in [2.05, 4.69) is 409 Å². The second kappa shape index (κ2) is 24.5. The Morgan fingerprint density at radius 3 is 1.05 bits per heavy atom. The van der Waals surface area contributed by atoms with Crippen molar-refractivity contribution in [2.24, 2.45) is 0 Å². The van der Waals surface area contributed by atoms with Crippen molar-refractivity contribution in [3.8, 4) is 67.8 Å². The van der Waals surface area contributed by atoms with Crippen molar-refractivity contribution in [3.63, 3.8) is 0 Å². The van der Waals surface area contributed by atoms with E-state index in [9.17, 15) is 0 Å².